The second kappa shape index (κ2) is 7.03. The standard InChI is InChI=1S/C24H8F6N4/c25-23(26,27)11-1-3-13-15-7-16-14-4-2-12(24(28,29)30)6-18(14)22(34-10-32)20(16)8-19(15)21(33-9-31)17(13)5-11/h1-8H/b33-21-,34-22+. The quantitative estimate of drug-likeness (QED) is 0.208. The molecule has 0 aliphatic rings. The van der Waals surface area contributed by atoms with Crippen molar-refractivity contribution in [2.45, 2.75) is 12.4 Å². The van der Waals surface area contributed by atoms with Crippen molar-refractivity contribution in [3.05, 3.63) is 70.4 Å². The molecule has 0 N–H and O–H groups in total. The first-order chi connectivity index (χ1) is 16.0. The molecule has 0 saturated heterocycles. The normalized spacial score (nSPS) is 13.9. The molecule has 0 saturated carbocycles. The molecule has 5 aromatic carbocycles. The van der Waals surface area contributed by atoms with Gasteiger partial charge in [0.1, 0.15) is 0 Å². The minimum atomic E-state index is -4.61. The van der Waals surface area contributed by atoms with Gasteiger partial charge < -0.3 is 0 Å². The van der Waals surface area contributed by atoms with E-state index in [4.69, 9.17) is 10.5 Å². The molecule has 0 aliphatic heterocycles. The lowest BCUT2D eigenvalue weighted by molar-refractivity contribution is -0.138. The third kappa shape index (κ3) is 3.07. The van der Waals surface area contributed by atoms with Gasteiger partial charge in [0, 0.05) is 21.5 Å². The van der Waals surface area contributed by atoms with Crippen LogP contribution < -0.4 is 10.7 Å². The van der Waals surface area contributed by atoms with Crippen LogP contribution in [0.2, 0.25) is 0 Å². The Hall–Kier alpha value is -4.44. The third-order valence-electron chi connectivity index (χ3n) is 5.78. The SMILES string of the molecule is N#C/N=c1/c2cc(C(F)(F)F)ccc2c2cc3c(cc12)/c(=N/C#N)c1cc(C(F)(F)F)ccc13. The number of hydrogen-bond acceptors (Lipinski definition) is 4. The topological polar surface area (TPSA) is 72.3 Å². The van der Waals surface area contributed by atoms with E-state index in [1.165, 1.54) is 18.2 Å². The smallest absolute Gasteiger partial charge is 0.172 e. The van der Waals surface area contributed by atoms with Gasteiger partial charge in [0.2, 0.25) is 12.4 Å². The average molecular weight is 466 g/mol. The summed E-state index contributed by atoms with van der Waals surface area (Å²) in [5, 5.41) is 20.9. The van der Waals surface area contributed by atoms with Crippen molar-refractivity contribution in [3.63, 3.8) is 0 Å². The molecule has 0 fully saturated rings. The highest BCUT2D eigenvalue weighted by Gasteiger charge is 2.32. The molecule has 5 rings (SSSR count). The van der Waals surface area contributed by atoms with Crippen LogP contribution in [-0.2, 0) is 12.4 Å². The van der Waals surface area contributed by atoms with Crippen molar-refractivity contribution in [3.8, 4) is 12.4 Å². The summed E-state index contributed by atoms with van der Waals surface area (Å²) in [5.74, 6) is 0. The van der Waals surface area contributed by atoms with Crippen LogP contribution >= 0.6 is 0 Å². The molecule has 34 heavy (non-hydrogen) atoms. The van der Waals surface area contributed by atoms with Crippen LogP contribution in [0.4, 0.5) is 26.3 Å². The summed E-state index contributed by atoms with van der Waals surface area (Å²) >= 11 is 0. The van der Waals surface area contributed by atoms with E-state index in [9.17, 15) is 26.3 Å². The van der Waals surface area contributed by atoms with Crippen LogP contribution in [0.15, 0.2) is 58.5 Å². The fourth-order valence-electron chi connectivity index (χ4n) is 4.37. The zero-order chi connectivity index (χ0) is 24.4. The van der Waals surface area contributed by atoms with E-state index in [1.807, 2.05) is 0 Å². The van der Waals surface area contributed by atoms with Crippen molar-refractivity contribution < 1.29 is 26.3 Å². The number of rotatable bonds is 0. The Morgan fingerprint density at radius 1 is 0.500 bits per heavy atom. The van der Waals surface area contributed by atoms with E-state index < -0.39 is 23.5 Å². The molecule has 10 heteroatoms. The van der Waals surface area contributed by atoms with Gasteiger partial charge in [0.15, 0.2) is 0 Å². The summed E-state index contributed by atoms with van der Waals surface area (Å²) in [4.78, 5) is 7.45. The van der Waals surface area contributed by atoms with Gasteiger partial charge in [0.05, 0.1) is 21.8 Å². The zero-order valence-electron chi connectivity index (χ0n) is 16.7. The van der Waals surface area contributed by atoms with Crippen LogP contribution in [0.25, 0.3) is 43.1 Å². The summed E-state index contributed by atoms with van der Waals surface area (Å²) in [6.07, 6.45) is -6.02. The maximum Gasteiger partial charge on any atom is 0.416 e. The zero-order valence-corrected chi connectivity index (χ0v) is 16.7. The molecule has 4 nitrogen and oxygen atoms in total. The molecule has 0 atom stereocenters. The fraction of sp³-hybridized carbons (Fsp3) is 0.0833. The number of fused-ring (bicyclic) bond motifs is 6. The van der Waals surface area contributed by atoms with Crippen LogP contribution in [-0.4, -0.2) is 0 Å². The van der Waals surface area contributed by atoms with Gasteiger partial charge in [-0.25, -0.2) is 0 Å². The van der Waals surface area contributed by atoms with Crippen LogP contribution in [0.1, 0.15) is 11.1 Å². The molecule has 5 aromatic rings. The van der Waals surface area contributed by atoms with Gasteiger partial charge in [-0.2, -0.15) is 46.9 Å². The fourth-order valence-corrected chi connectivity index (χ4v) is 4.37. The van der Waals surface area contributed by atoms with Crippen molar-refractivity contribution in [1.29, 1.82) is 10.5 Å². The highest BCUT2D eigenvalue weighted by atomic mass is 19.4. The number of nitriles is 2. The summed E-state index contributed by atoms with van der Waals surface area (Å²) in [6.45, 7) is 0. The molecule has 0 spiro atoms. The van der Waals surface area contributed by atoms with Crippen LogP contribution in [0, 0.1) is 22.9 Å². The Bertz CT molecular complexity index is 1720. The van der Waals surface area contributed by atoms with Gasteiger partial charge in [-0.3, -0.25) is 0 Å². The van der Waals surface area contributed by atoms with Gasteiger partial charge in [-0.15, -0.1) is 0 Å². The van der Waals surface area contributed by atoms with Gasteiger partial charge in [-0.1, -0.05) is 12.1 Å². The van der Waals surface area contributed by atoms with Crippen molar-refractivity contribution in [2.24, 2.45) is 9.98 Å². The maximum absolute atomic E-state index is 13.3. The molecular formula is C24H8F6N4. The lowest BCUT2D eigenvalue weighted by Crippen LogP contribution is -2.06. The number of halogens is 6. The van der Waals surface area contributed by atoms with Gasteiger partial charge in [0.25, 0.3) is 0 Å². The second-order valence-electron chi connectivity index (χ2n) is 7.58. The van der Waals surface area contributed by atoms with Crippen molar-refractivity contribution in [1.82, 2.24) is 0 Å². The number of nitrogens with zero attached hydrogens (tertiary/aromatic N) is 4. The minimum Gasteiger partial charge on any atom is -0.172 e. The monoisotopic (exact) mass is 466 g/mol. The average Bonchev–Trinajstić information content (AvgIpc) is 3.24. The number of benzene rings is 3. The second-order valence-corrected chi connectivity index (χ2v) is 7.58. The molecular weight excluding hydrogens is 458 g/mol. The Labute approximate surface area is 185 Å². The highest BCUT2D eigenvalue weighted by Crippen LogP contribution is 2.37. The molecule has 0 aliphatic carbocycles. The van der Waals surface area contributed by atoms with Crippen LogP contribution in [0.5, 0.6) is 0 Å². The lowest BCUT2D eigenvalue weighted by atomic mass is 10.1. The Morgan fingerprint density at radius 3 is 1.21 bits per heavy atom. The summed E-state index contributed by atoms with van der Waals surface area (Å²) in [5.41, 5.74) is -1.82. The molecule has 166 valence electrons. The van der Waals surface area contributed by atoms with E-state index >= 15 is 0 Å². The largest absolute Gasteiger partial charge is 0.416 e. The predicted octanol–water partition coefficient (Wildman–Crippen LogP) is 5.98. The van der Waals surface area contributed by atoms with E-state index in [0.29, 0.717) is 32.3 Å². The summed E-state index contributed by atoms with van der Waals surface area (Å²) in [6, 6.07) is 9.30. The number of alkyl halides is 6. The highest BCUT2D eigenvalue weighted by molar-refractivity contribution is 6.21. The molecule has 0 aromatic heterocycles. The first-order valence-electron chi connectivity index (χ1n) is 9.61. The first-order valence-corrected chi connectivity index (χ1v) is 9.61. The predicted molar refractivity (Wildman–Crippen MR) is 111 cm³/mol. The van der Waals surface area contributed by atoms with Crippen molar-refractivity contribution in [2.75, 3.05) is 0 Å². The molecule has 0 unspecified atom stereocenters. The first kappa shape index (κ1) is 21.4. The Balaban J connectivity index is 2.00. The van der Waals surface area contributed by atoms with E-state index in [0.717, 1.165) is 24.3 Å². The molecule has 0 heterocycles. The van der Waals surface area contributed by atoms with E-state index in [1.54, 1.807) is 18.5 Å². The van der Waals surface area contributed by atoms with E-state index in [2.05, 4.69) is 9.98 Å². The van der Waals surface area contributed by atoms with Crippen molar-refractivity contribution >= 4 is 43.1 Å². The van der Waals surface area contributed by atoms with Gasteiger partial charge in [-0.05, 0) is 57.9 Å². The Kier molecular flexibility index (Phi) is 4.42. The summed E-state index contributed by atoms with van der Waals surface area (Å²) in [7, 11) is 0. The Morgan fingerprint density at radius 2 is 0.853 bits per heavy atom. The van der Waals surface area contributed by atoms with Crippen LogP contribution in [0.3, 0.4) is 0 Å². The summed E-state index contributed by atoms with van der Waals surface area (Å²) < 4.78 is 79.7. The maximum atomic E-state index is 13.3. The third-order valence-corrected chi connectivity index (χ3v) is 5.78. The van der Waals surface area contributed by atoms with Gasteiger partial charge >= 0.3 is 12.4 Å². The number of hydrogen-bond donors (Lipinski definition) is 0. The molecule has 0 radical (unpaired) electrons. The van der Waals surface area contributed by atoms with E-state index in [-0.39, 0.29) is 21.5 Å². The molecule has 0 bridgehead atoms. The minimum absolute atomic E-state index is 0.00430. The molecule has 0 amide bonds. The lowest BCUT2D eigenvalue weighted by Gasteiger charge is -2.06.